The zero-order chi connectivity index (χ0) is 17.6. The fourth-order valence-corrected chi connectivity index (χ4v) is 2.41. The number of hydrogen-bond donors (Lipinski definition) is 1. The molecule has 1 unspecified atom stereocenters. The van der Waals surface area contributed by atoms with Gasteiger partial charge in [-0.1, -0.05) is 0 Å². The lowest BCUT2D eigenvalue weighted by Crippen LogP contribution is -2.49. The smallest absolute Gasteiger partial charge is 0.410 e. The van der Waals surface area contributed by atoms with Gasteiger partial charge in [-0.2, -0.15) is 0 Å². The van der Waals surface area contributed by atoms with Gasteiger partial charge in [-0.05, 0) is 32.4 Å². The van der Waals surface area contributed by atoms with Crippen LogP contribution in [-0.4, -0.2) is 61.5 Å². The van der Waals surface area contributed by atoms with Crippen molar-refractivity contribution in [1.29, 1.82) is 0 Å². The minimum Gasteiger partial charge on any atom is -0.490 e. The maximum Gasteiger partial charge on any atom is 0.410 e. The van der Waals surface area contributed by atoms with Crippen molar-refractivity contribution < 1.29 is 19.0 Å². The number of amides is 1. The third-order valence-corrected chi connectivity index (χ3v) is 3.52. The number of carbonyl (C=O) groups is 1. The van der Waals surface area contributed by atoms with Gasteiger partial charge in [-0.25, -0.2) is 4.79 Å². The molecule has 1 aromatic rings. The number of piperazine rings is 1. The summed E-state index contributed by atoms with van der Waals surface area (Å²) in [6.07, 6.45) is 3.18. The van der Waals surface area contributed by atoms with Gasteiger partial charge in [-0.3, -0.25) is 4.98 Å². The molecule has 0 aromatic carbocycles. The maximum atomic E-state index is 12.3. The molecule has 1 N–H and O–H groups in total. The summed E-state index contributed by atoms with van der Waals surface area (Å²) in [4.78, 5) is 18.2. The first-order valence-corrected chi connectivity index (χ1v) is 8.17. The Morgan fingerprint density at radius 2 is 2.17 bits per heavy atom. The lowest BCUT2D eigenvalue weighted by Gasteiger charge is -2.35. The third-order valence-electron chi connectivity index (χ3n) is 3.52. The highest BCUT2D eigenvalue weighted by atomic mass is 16.6. The maximum absolute atomic E-state index is 12.3. The van der Waals surface area contributed by atoms with Crippen LogP contribution in [0.2, 0.25) is 0 Å². The molecule has 1 aromatic heterocycles. The van der Waals surface area contributed by atoms with Crippen LogP contribution in [0.1, 0.15) is 32.4 Å². The molecule has 0 saturated carbocycles. The Balaban J connectivity index is 1.98. The van der Waals surface area contributed by atoms with Crippen LogP contribution < -0.4 is 10.1 Å². The van der Waals surface area contributed by atoms with Gasteiger partial charge in [0.25, 0.3) is 0 Å². The molecular formula is C17H27N3O4. The molecule has 1 atom stereocenters. The van der Waals surface area contributed by atoms with Crippen molar-refractivity contribution in [2.45, 2.75) is 32.4 Å². The van der Waals surface area contributed by atoms with Gasteiger partial charge in [0.05, 0.1) is 18.8 Å². The van der Waals surface area contributed by atoms with E-state index in [2.05, 4.69) is 10.3 Å². The summed E-state index contributed by atoms with van der Waals surface area (Å²) in [6, 6.07) is 1.95. The minimum absolute atomic E-state index is 0.00439. The zero-order valence-corrected chi connectivity index (χ0v) is 14.9. The van der Waals surface area contributed by atoms with E-state index in [1.165, 1.54) is 0 Å². The van der Waals surface area contributed by atoms with Crippen molar-refractivity contribution in [3.63, 3.8) is 0 Å². The second kappa shape index (κ2) is 8.30. The Morgan fingerprint density at radius 3 is 2.88 bits per heavy atom. The standard InChI is InChI=1S/C17H27N3O4/c1-17(2,3)24-16(21)20-6-5-19-15(12-20)13-9-14(11-18-10-13)23-8-7-22-4/h9-11,15,19H,5-8,12H2,1-4H3. The van der Waals surface area contributed by atoms with Gasteiger partial charge in [-0.15, -0.1) is 0 Å². The topological polar surface area (TPSA) is 72.9 Å². The Kier molecular flexibility index (Phi) is 6.39. The Bertz CT molecular complexity index is 545. The van der Waals surface area contributed by atoms with Gasteiger partial charge in [0.15, 0.2) is 0 Å². The highest BCUT2D eigenvalue weighted by Gasteiger charge is 2.28. The number of pyridine rings is 1. The number of rotatable bonds is 5. The summed E-state index contributed by atoms with van der Waals surface area (Å²) in [7, 11) is 1.63. The number of nitrogens with zero attached hydrogens (tertiary/aromatic N) is 2. The summed E-state index contributed by atoms with van der Waals surface area (Å²) in [6.45, 7) is 8.49. The number of methoxy groups -OCH3 is 1. The summed E-state index contributed by atoms with van der Waals surface area (Å²) >= 11 is 0. The fraction of sp³-hybridized carbons (Fsp3) is 0.647. The molecule has 0 aliphatic carbocycles. The zero-order valence-electron chi connectivity index (χ0n) is 14.9. The number of hydrogen-bond acceptors (Lipinski definition) is 6. The Hall–Kier alpha value is -1.86. The van der Waals surface area contributed by atoms with E-state index in [1.807, 2.05) is 26.8 Å². The van der Waals surface area contributed by atoms with Crippen LogP contribution in [0, 0.1) is 0 Å². The van der Waals surface area contributed by atoms with Gasteiger partial charge in [0.2, 0.25) is 0 Å². The molecule has 7 nitrogen and oxygen atoms in total. The number of nitrogens with one attached hydrogen (secondary N) is 1. The van der Waals surface area contributed by atoms with Crippen LogP contribution in [0.25, 0.3) is 0 Å². The molecule has 0 radical (unpaired) electrons. The first kappa shape index (κ1) is 18.5. The van der Waals surface area contributed by atoms with E-state index in [-0.39, 0.29) is 12.1 Å². The second-order valence-electron chi connectivity index (χ2n) is 6.73. The monoisotopic (exact) mass is 337 g/mol. The molecule has 134 valence electrons. The molecule has 0 bridgehead atoms. The summed E-state index contributed by atoms with van der Waals surface area (Å²) in [5.41, 5.74) is 0.492. The highest BCUT2D eigenvalue weighted by molar-refractivity contribution is 5.68. The first-order chi connectivity index (χ1) is 11.4. The fourth-order valence-electron chi connectivity index (χ4n) is 2.41. The molecule has 1 aliphatic heterocycles. The van der Waals surface area contributed by atoms with E-state index in [1.54, 1.807) is 24.4 Å². The molecule has 2 heterocycles. The van der Waals surface area contributed by atoms with E-state index in [0.29, 0.717) is 38.6 Å². The SMILES string of the molecule is COCCOc1cncc(C2CN(C(=O)OC(C)(C)C)CCN2)c1. The molecule has 2 rings (SSSR count). The quantitative estimate of drug-likeness (QED) is 0.829. The van der Waals surface area contributed by atoms with Crippen LogP contribution in [0.5, 0.6) is 5.75 Å². The van der Waals surface area contributed by atoms with Crippen molar-refractivity contribution in [2.75, 3.05) is 40.0 Å². The molecule has 1 saturated heterocycles. The van der Waals surface area contributed by atoms with E-state index in [0.717, 1.165) is 5.56 Å². The number of aromatic nitrogens is 1. The van der Waals surface area contributed by atoms with Crippen LogP contribution in [0.4, 0.5) is 4.79 Å². The van der Waals surface area contributed by atoms with Crippen LogP contribution in [0.15, 0.2) is 18.5 Å². The van der Waals surface area contributed by atoms with Gasteiger partial charge < -0.3 is 24.4 Å². The van der Waals surface area contributed by atoms with Crippen molar-refractivity contribution in [1.82, 2.24) is 15.2 Å². The molecule has 1 fully saturated rings. The summed E-state index contributed by atoms with van der Waals surface area (Å²) in [5.74, 6) is 0.695. The van der Waals surface area contributed by atoms with Crippen molar-refractivity contribution in [2.24, 2.45) is 0 Å². The van der Waals surface area contributed by atoms with Gasteiger partial charge in [0, 0.05) is 32.9 Å². The lowest BCUT2D eigenvalue weighted by molar-refractivity contribution is 0.0195. The van der Waals surface area contributed by atoms with E-state index >= 15 is 0 Å². The van der Waals surface area contributed by atoms with Gasteiger partial charge >= 0.3 is 6.09 Å². The van der Waals surface area contributed by atoms with Gasteiger partial charge in [0.1, 0.15) is 18.0 Å². The Morgan fingerprint density at radius 1 is 1.38 bits per heavy atom. The number of ether oxygens (including phenoxy) is 3. The summed E-state index contributed by atoms with van der Waals surface area (Å²) in [5, 5.41) is 3.41. The molecule has 7 heteroatoms. The van der Waals surface area contributed by atoms with E-state index in [9.17, 15) is 4.79 Å². The molecule has 24 heavy (non-hydrogen) atoms. The third kappa shape index (κ3) is 5.65. The Labute approximate surface area is 143 Å². The molecule has 1 aliphatic rings. The largest absolute Gasteiger partial charge is 0.490 e. The van der Waals surface area contributed by atoms with E-state index in [4.69, 9.17) is 14.2 Å². The van der Waals surface area contributed by atoms with Crippen molar-refractivity contribution in [3.8, 4) is 5.75 Å². The number of carbonyl (C=O) groups excluding carboxylic acids is 1. The average molecular weight is 337 g/mol. The highest BCUT2D eigenvalue weighted by Crippen LogP contribution is 2.22. The average Bonchev–Trinajstić information content (AvgIpc) is 2.54. The minimum atomic E-state index is -0.492. The molecular weight excluding hydrogens is 310 g/mol. The molecule has 1 amide bonds. The summed E-state index contributed by atoms with van der Waals surface area (Å²) < 4.78 is 16.0. The second-order valence-corrected chi connectivity index (χ2v) is 6.73. The normalized spacial score (nSPS) is 18.3. The van der Waals surface area contributed by atoms with Crippen LogP contribution in [-0.2, 0) is 9.47 Å². The van der Waals surface area contributed by atoms with E-state index < -0.39 is 5.60 Å². The molecule has 0 spiro atoms. The first-order valence-electron chi connectivity index (χ1n) is 8.17. The van der Waals surface area contributed by atoms with Crippen LogP contribution >= 0.6 is 0 Å². The van der Waals surface area contributed by atoms with Crippen LogP contribution in [0.3, 0.4) is 0 Å². The predicted octanol–water partition coefficient (Wildman–Crippen LogP) is 1.99. The van der Waals surface area contributed by atoms with Crippen molar-refractivity contribution >= 4 is 6.09 Å². The predicted molar refractivity (Wildman–Crippen MR) is 90.2 cm³/mol. The lowest BCUT2D eigenvalue weighted by atomic mass is 10.1. The van der Waals surface area contributed by atoms with Crippen molar-refractivity contribution in [3.05, 3.63) is 24.0 Å².